The van der Waals surface area contributed by atoms with Gasteiger partial charge < -0.3 is 29.0 Å². The Morgan fingerprint density at radius 2 is 1.54 bits per heavy atom. The molecular weight excluding hydrogens is 338 g/mol. The number of benzene rings is 2. The normalized spacial score (nSPS) is 17.3. The Morgan fingerprint density at radius 3 is 2.23 bits per heavy atom. The first-order chi connectivity index (χ1) is 12.6. The van der Waals surface area contributed by atoms with Gasteiger partial charge in [0.1, 0.15) is 5.75 Å². The van der Waals surface area contributed by atoms with Crippen molar-refractivity contribution in [2.75, 3.05) is 33.4 Å². The van der Waals surface area contributed by atoms with Gasteiger partial charge in [0.05, 0.1) is 21.3 Å². The number of carbonyl (C=O) groups is 1. The molecule has 1 amide bonds. The van der Waals surface area contributed by atoms with E-state index in [1.807, 2.05) is 12.1 Å². The maximum atomic E-state index is 12.3. The molecule has 0 fully saturated rings. The van der Waals surface area contributed by atoms with E-state index in [4.69, 9.17) is 23.7 Å². The van der Waals surface area contributed by atoms with Crippen molar-refractivity contribution >= 4 is 11.6 Å². The smallest absolute Gasteiger partial charge is 0.231 e. The zero-order valence-electron chi connectivity index (χ0n) is 14.8. The molecule has 0 aliphatic carbocycles. The van der Waals surface area contributed by atoms with Gasteiger partial charge >= 0.3 is 0 Å². The maximum Gasteiger partial charge on any atom is 0.231 e. The number of hydrogen-bond donors (Lipinski definition) is 1. The number of hydrogen-bond acceptors (Lipinski definition) is 6. The Morgan fingerprint density at radius 1 is 0.885 bits per heavy atom. The van der Waals surface area contributed by atoms with Crippen LogP contribution in [0.2, 0.25) is 0 Å². The third kappa shape index (κ3) is 2.56. The molecule has 0 radical (unpaired) electrons. The van der Waals surface area contributed by atoms with Crippen LogP contribution >= 0.6 is 0 Å². The summed E-state index contributed by atoms with van der Waals surface area (Å²) in [7, 11) is 4.74. The molecule has 2 aromatic carbocycles. The third-order valence-corrected chi connectivity index (χ3v) is 4.70. The highest BCUT2D eigenvalue weighted by molar-refractivity contribution is 5.96. The summed E-state index contributed by atoms with van der Waals surface area (Å²) >= 11 is 0. The fraction of sp³-hybridized carbons (Fsp3) is 0.316. The Bertz CT molecular complexity index is 879. The fourth-order valence-corrected chi connectivity index (χ4v) is 3.45. The second-order valence-electron chi connectivity index (χ2n) is 6.05. The molecule has 2 aliphatic heterocycles. The van der Waals surface area contributed by atoms with Gasteiger partial charge in [-0.1, -0.05) is 0 Å². The lowest BCUT2D eigenvalue weighted by Crippen LogP contribution is -2.23. The van der Waals surface area contributed by atoms with Crippen molar-refractivity contribution in [1.82, 2.24) is 0 Å². The van der Waals surface area contributed by atoms with Crippen LogP contribution in [-0.2, 0) is 4.79 Å². The van der Waals surface area contributed by atoms with E-state index >= 15 is 0 Å². The van der Waals surface area contributed by atoms with E-state index in [1.54, 1.807) is 33.5 Å². The van der Waals surface area contributed by atoms with Gasteiger partial charge in [0, 0.05) is 35.7 Å². The molecule has 0 unspecified atom stereocenters. The first kappa shape index (κ1) is 16.4. The van der Waals surface area contributed by atoms with Crippen molar-refractivity contribution in [3.63, 3.8) is 0 Å². The summed E-state index contributed by atoms with van der Waals surface area (Å²) < 4.78 is 27.3. The van der Waals surface area contributed by atoms with Crippen LogP contribution in [-0.4, -0.2) is 34.0 Å². The lowest BCUT2D eigenvalue weighted by molar-refractivity contribution is -0.116. The van der Waals surface area contributed by atoms with Gasteiger partial charge in [-0.3, -0.25) is 4.79 Å². The van der Waals surface area contributed by atoms with Crippen molar-refractivity contribution in [2.45, 2.75) is 12.3 Å². The number of nitrogens with one attached hydrogen (secondary N) is 1. The van der Waals surface area contributed by atoms with Gasteiger partial charge in [-0.25, -0.2) is 0 Å². The van der Waals surface area contributed by atoms with Crippen LogP contribution in [0.1, 0.15) is 23.5 Å². The fourth-order valence-electron chi connectivity index (χ4n) is 3.45. The average Bonchev–Trinajstić information content (AvgIpc) is 3.11. The quantitative estimate of drug-likeness (QED) is 0.907. The molecule has 2 aliphatic rings. The summed E-state index contributed by atoms with van der Waals surface area (Å²) in [5, 5.41) is 2.91. The van der Waals surface area contributed by atoms with Gasteiger partial charge in [0.15, 0.2) is 23.0 Å². The van der Waals surface area contributed by atoms with Crippen molar-refractivity contribution in [2.24, 2.45) is 0 Å². The molecule has 0 saturated heterocycles. The summed E-state index contributed by atoms with van der Waals surface area (Å²) in [6.07, 6.45) is 0.290. The predicted octanol–water partition coefficient (Wildman–Crippen LogP) is 2.92. The molecule has 2 aromatic rings. The Hall–Kier alpha value is -3.09. The molecule has 26 heavy (non-hydrogen) atoms. The predicted molar refractivity (Wildman–Crippen MR) is 93.8 cm³/mol. The molecule has 7 heteroatoms. The largest absolute Gasteiger partial charge is 0.496 e. The highest BCUT2D eigenvalue weighted by Crippen LogP contribution is 2.48. The van der Waals surface area contributed by atoms with Crippen molar-refractivity contribution in [3.05, 3.63) is 35.4 Å². The van der Waals surface area contributed by atoms with E-state index in [-0.39, 0.29) is 18.6 Å². The monoisotopic (exact) mass is 357 g/mol. The minimum atomic E-state index is -0.206. The summed E-state index contributed by atoms with van der Waals surface area (Å²) in [6, 6.07) is 7.34. The first-order valence-corrected chi connectivity index (χ1v) is 8.18. The van der Waals surface area contributed by atoms with Gasteiger partial charge in [-0.15, -0.1) is 0 Å². The summed E-state index contributed by atoms with van der Waals surface area (Å²) in [6.45, 7) is 0.177. The van der Waals surface area contributed by atoms with E-state index < -0.39 is 0 Å². The molecule has 1 N–H and O–H groups in total. The van der Waals surface area contributed by atoms with Gasteiger partial charge in [-0.2, -0.15) is 0 Å². The van der Waals surface area contributed by atoms with Crippen molar-refractivity contribution in [3.8, 4) is 28.7 Å². The number of carbonyl (C=O) groups excluding carboxylic acids is 1. The molecule has 4 rings (SSSR count). The van der Waals surface area contributed by atoms with Crippen molar-refractivity contribution in [1.29, 1.82) is 0 Å². The minimum Gasteiger partial charge on any atom is -0.496 e. The van der Waals surface area contributed by atoms with E-state index in [1.165, 1.54) is 0 Å². The Kier molecular flexibility index (Phi) is 3.99. The number of fused-ring (bicyclic) bond motifs is 2. The van der Waals surface area contributed by atoms with Crippen LogP contribution in [0.3, 0.4) is 0 Å². The molecule has 136 valence electrons. The molecule has 7 nitrogen and oxygen atoms in total. The maximum absolute atomic E-state index is 12.3. The number of amides is 1. The molecule has 0 aromatic heterocycles. The third-order valence-electron chi connectivity index (χ3n) is 4.70. The number of anilines is 1. The average molecular weight is 357 g/mol. The second kappa shape index (κ2) is 6.33. The topological polar surface area (TPSA) is 75.3 Å². The molecule has 1 atom stereocenters. The molecule has 2 heterocycles. The van der Waals surface area contributed by atoms with Gasteiger partial charge in [0.25, 0.3) is 0 Å². The zero-order chi connectivity index (χ0) is 18.3. The molecule has 0 spiro atoms. The Balaban J connectivity index is 1.88. The van der Waals surface area contributed by atoms with E-state index in [2.05, 4.69) is 5.32 Å². The molecular formula is C19H19NO6. The Labute approximate surface area is 150 Å². The van der Waals surface area contributed by atoms with Crippen LogP contribution in [0.5, 0.6) is 28.7 Å². The van der Waals surface area contributed by atoms with Crippen LogP contribution in [0, 0.1) is 0 Å². The zero-order valence-corrected chi connectivity index (χ0v) is 14.8. The van der Waals surface area contributed by atoms with E-state index in [0.29, 0.717) is 40.9 Å². The number of rotatable bonds is 4. The van der Waals surface area contributed by atoms with Crippen molar-refractivity contribution < 1.29 is 28.5 Å². The summed E-state index contributed by atoms with van der Waals surface area (Å²) in [5.41, 5.74) is 2.51. The van der Waals surface area contributed by atoms with Gasteiger partial charge in [0.2, 0.25) is 12.7 Å². The molecule has 0 saturated carbocycles. The van der Waals surface area contributed by atoms with E-state index in [0.717, 1.165) is 11.1 Å². The number of methoxy groups -OCH3 is 3. The second-order valence-corrected chi connectivity index (χ2v) is 6.05. The lowest BCUT2D eigenvalue weighted by atomic mass is 9.84. The molecule has 0 bridgehead atoms. The van der Waals surface area contributed by atoms with E-state index in [9.17, 15) is 4.79 Å². The van der Waals surface area contributed by atoms with Crippen LogP contribution in [0.25, 0.3) is 0 Å². The standard InChI is InChI=1S/C19H19NO6/c1-22-14-8-16(24-3)15(23-2)5-12(14)10-6-19(21)20-13-7-18-17(4-11(10)13)25-9-26-18/h4-5,7-8,10H,6,9H2,1-3H3,(H,20,21)/t10-/m0/s1. The minimum absolute atomic E-state index is 0.0711. The van der Waals surface area contributed by atoms with Crippen LogP contribution < -0.4 is 29.0 Å². The summed E-state index contributed by atoms with van der Waals surface area (Å²) in [4.78, 5) is 12.3. The highest BCUT2D eigenvalue weighted by atomic mass is 16.7. The first-order valence-electron chi connectivity index (χ1n) is 8.18. The highest BCUT2D eigenvalue weighted by Gasteiger charge is 2.32. The van der Waals surface area contributed by atoms with Gasteiger partial charge in [-0.05, 0) is 17.7 Å². The van der Waals surface area contributed by atoms with Crippen LogP contribution in [0.4, 0.5) is 5.69 Å². The number of ether oxygens (including phenoxy) is 5. The SMILES string of the molecule is COc1cc(OC)c([C@H]2CC(=O)Nc3cc4c(cc32)OCO4)cc1OC. The lowest BCUT2D eigenvalue weighted by Gasteiger charge is -2.28. The summed E-state index contributed by atoms with van der Waals surface area (Å²) in [5.74, 6) is 2.80. The van der Waals surface area contributed by atoms with Crippen LogP contribution in [0.15, 0.2) is 24.3 Å².